The standard InChI is InChI=1S/C15H18FNO4/c16-12-5-1-3-10(7-12)13(18)8-14(19)17-6-2-4-11(9-17)15(20)21/h1,3,5,7,11,13,18H,2,4,6,8-9H2,(H,20,21)/t11-,13+/m0/s1. The normalized spacial score (nSPS) is 20.1. The highest BCUT2D eigenvalue weighted by molar-refractivity contribution is 5.78. The molecular formula is C15H18FNO4. The van der Waals surface area contributed by atoms with E-state index < -0.39 is 23.8 Å². The van der Waals surface area contributed by atoms with Gasteiger partial charge in [0, 0.05) is 13.1 Å². The van der Waals surface area contributed by atoms with Crippen molar-refractivity contribution >= 4 is 11.9 Å². The molecule has 1 amide bonds. The first-order chi connectivity index (χ1) is 9.97. The van der Waals surface area contributed by atoms with Crippen molar-refractivity contribution in [3.63, 3.8) is 0 Å². The van der Waals surface area contributed by atoms with Crippen LogP contribution in [0, 0.1) is 11.7 Å². The Morgan fingerprint density at radius 1 is 1.43 bits per heavy atom. The van der Waals surface area contributed by atoms with Gasteiger partial charge in [-0.3, -0.25) is 9.59 Å². The Morgan fingerprint density at radius 2 is 2.19 bits per heavy atom. The fraction of sp³-hybridized carbons (Fsp3) is 0.467. The van der Waals surface area contributed by atoms with Crippen LogP contribution in [0.5, 0.6) is 0 Å². The molecule has 2 N–H and O–H groups in total. The number of piperidine rings is 1. The molecule has 2 atom stereocenters. The van der Waals surface area contributed by atoms with Crippen molar-refractivity contribution in [2.24, 2.45) is 5.92 Å². The van der Waals surface area contributed by atoms with Crippen molar-refractivity contribution in [2.45, 2.75) is 25.4 Å². The third kappa shape index (κ3) is 4.01. The van der Waals surface area contributed by atoms with Crippen molar-refractivity contribution in [2.75, 3.05) is 13.1 Å². The van der Waals surface area contributed by atoms with Crippen molar-refractivity contribution < 1.29 is 24.2 Å². The topological polar surface area (TPSA) is 77.8 Å². The quantitative estimate of drug-likeness (QED) is 0.884. The van der Waals surface area contributed by atoms with Gasteiger partial charge in [-0.05, 0) is 30.5 Å². The predicted molar refractivity (Wildman–Crippen MR) is 72.9 cm³/mol. The molecule has 0 bridgehead atoms. The smallest absolute Gasteiger partial charge is 0.308 e. The number of benzene rings is 1. The zero-order chi connectivity index (χ0) is 15.4. The van der Waals surface area contributed by atoms with E-state index in [1.165, 1.54) is 23.1 Å². The Hall–Kier alpha value is -1.95. The molecule has 1 aliphatic heterocycles. The molecule has 0 saturated carbocycles. The summed E-state index contributed by atoms with van der Waals surface area (Å²) in [5, 5.41) is 19.0. The lowest BCUT2D eigenvalue weighted by molar-refractivity contribution is -0.146. The second kappa shape index (κ2) is 6.67. The van der Waals surface area contributed by atoms with Gasteiger partial charge in [0.05, 0.1) is 18.4 Å². The van der Waals surface area contributed by atoms with Crippen LogP contribution < -0.4 is 0 Å². The van der Waals surface area contributed by atoms with Crippen molar-refractivity contribution in [1.29, 1.82) is 0 Å². The molecule has 1 aliphatic rings. The largest absolute Gasteiger partial charge is 0.481 e. The van der Waals surface area contributed by atoms with Crippen molar-refractivity contribution in [3.8, 4) is 0 Å². The van der Waals surface area contributed by atoms with Gasteiger partial charge in [0.2, 0.25) is 5.91 Å². The number of aliphatic hydroxyl groups is 1. The third-order valence-corrected chi connectivity index (χ3v) is 3.72. The van der Waals surface area contributed by atoms with Crippen LogP contribution in [0.15, 0.2) is 24.3 Å². The van der Waals surface area contributed by atoms with E-state index in [4.69, 9.17) is 5.11 Å². The van der Waals surface area contributed by atoms with Crippen molar-refractivity contribution in [3.05, 3.63) is 35.6 Å². The minimum absolute atomic E-state index is 0.171. The SMILES string of the molecule is O=C(O)[C@H]1CCCN(C(=O)C[C@@H](O)c2cccc(F)c2)C1. The maximum absolute atomic E-state index is 13.1. The third-order valence-electron chi connectivity index (χ3n) is 3.72. The summed E-state index contributed by atoms with van der Waals surface area (Å²) in [5.41, 5.74) is 0.343. The minimum atomic E-state index is -1.08. The molecule has 2 rings (SSSR count). The molecule has 114 valence electrons. The molecular weight excluding hydrogens is 277 g/mol. The highest BCUT2D eigenvalue weighted by Crippen LogP contribution is 2.22. The number of carbonyl (C=O) groups excluding carboxylic acids is 1. The number of rotatable bonds is 4. The number of carboxylic acids is 1. The van der Waals surface area contributed by atoms with Crippen LogP contribution in [-0.4, -0.2) is 40.1 Å². The molecule has 0 aliphatic carbocycles. The van der Waals surface area contributed by atoms with Crippen LogP contribution in [0.4, 0.5) is 4.39 Å². The van der Waals surface area contributed by atoms with Gasteiger partial charge in [0.25, 0.3) is 0 Å². The lowest BCUT2D eigenvalue weighted by atomic mass is 9.97. The minimum Gasteiger partial charge on any atom is -0.481 e. The highest BCUT2D eigenvalue weighted by Gasteiger charge is 2.29. The first kappa shape index (κ1) is 15.4. The lowest BCUT2D eigenvalue weighted by Crippen LogP contribution is -2.42. The molecule has 1 aromatic rings. The van der Waals surface area contributed by atoms with Gasteiger partial charge in [-0.15, -0.1) is 0 Å². The Morgan fingerprint density at radius 3 is 2.86 bits per heavy atom. The lowest BCUT2D eigenvalue weighted by Gasteiger charge is -2.31. The van der Waals surface area contributed by atoms with E-state index in [0.29, 0.717) is 24.9 Å². The van der Waals surface area contributed by atoms with Crippen LogP contribution in [0.1, 0.15) is 30.9 Å². The van der Waals surface area contributed by atoms with Gasteiger partial charge in [0.1, 0.15) is 5.82 Å². The molecule has 1 aromatic carbocycles. The molecule has 0 radical (unpaired) electrons. The fourth-order valence-corrected chi connectivity index (χ4v) is 2.53. The monoisotopic (exact) mass is 295 g/mol. The maximum Gasteiger partial charge on any atom is 0.308 e. The first-order valence-corrected chi connectivity index (χ1v) is 6.91. The van der Waals surface area contributed by atoms with Gasteiger partial charge in [0.15, 0.2) is 0 Å². The van der Waals surface area contributed by atoms with Crippen LogP contribution in [0.25, 0.3) is 0 Å². The maximum atomic E-state index is 13.1. The number of likely N-dealkylation sites (tertiary alicyclic amines) is 1. The second-order valence-electron chi connectivity index (χ2n) is 5.29. The van der Waals surface area contributed by atoms with Gasteiger partial charge in [-0.2, -0.15) is 0 Å². The number of halogens is 1. The summed E-state index contributed by atoms with van der Waals surface area (Å²) in [6, 6.07) is 5.48. The summed E-state index contributed by atoms with van der Waals surface area (Å²) in [6.45, 7) is 0.669. The van der Waals surface area contributed by atoms with Crippen LogP contribution in [0.2, 0.25) is 0 Å². The Balaban J connectivity index is 1.96. The highest BCUT2D eigenvalue weighted by atomic mass is 19.1. The molecule has 0 aromatic heterocycles. The summed E-state index contributed by atoms with van der Waals surface area (Å²) in [4.78, 5) is 24.6. The van der Waals surface area contributed by atoms with Gasteiger partial charge in [-0.25, -0.2) is 4.39 Å². The van der Waals surface area contributed by atoms with E-state index in [9.17, 15) is 19.1 Å². The number of hydrogen-bond donors (Lipinski definition) is 2. The van der Waals surface area contributed by atoms with E-state index >= 15 is 0 Å². The summed E-state index contributed by atoms with van der Waals surface area (Å²) in [7, 11) is 0. The Kier molecular flexibility index (Phi) is 4.90. The van der Waals surface area contributed by atoms with E-state index in [2.05, 4.69) is 0 Å². The summed E-state index contributed by atoms with van der Waals surface area (Å²) < 4.78 is 13.1. The van der Waals surface area contributed by atoms with E-state index in [-0.39, 0.29) is 18.9 Å². The molecule has 0 spiro atoms. The molecule has 1 heterocycles. The zero-order valence-electron chi connectivity index (χ0n) is 11.5. The van der Waals surface area contributed by atoms with Crippen molar-refractivity contribution in [1.82, 2.24) is 4.90 Å². The average Bonchev–Trinajstić information content (AvgIpc) is 2.47. The summed E-state index contributed by atoms with van der Waals surface area (Å²) >= 11 is 0. The van der Waals surface area contributed by atoms with E-state index in [1.54, 1.807) is 6.07 Å². The first-order valence-electron chi connectivity index (χ1n) is 6.91. The molecule has 0 unspecified atom stereocenters. The van der Waals surface area contributed by atoms with Gasteiger partial charge >= 0.3 is 5.97 Å². The average molecular weight is 295 g/mol. The number of amides is 1. The van der Waals surface area contributed by atoms with E-state index in [1.807, 2.05) is 0 Å². The molecule has 1 saturated heterocycles. The van der Waals surface area contributed by atoms with Crippen LogP contribution in [-0.2, 0) is 9.59 Å². The molecule has 21 heavy (non-hydrogen) atoms. The number of hydrogen-bond acceptors (Lipinski definition) is 3. The zero-order valence-corrected chi connectivity index (χ0v) is 11.5. The predicted octanol–water partition coefficient (Wildman–Crippen LogP) is 1.57. The van der Waals surface area contributed by atoms with Crippen LogP contribution >= 0.6 is 0 Å². The Bertz CT molecular complexity index is 534. The number of carbonyl (C=O) groups is 2. The molecule has 6 heteroatoms. The van der Waals surface area contributed by atoms with Gasteiger partial charge < -0.3 is 15.1 Å². The van der Waals surface area contributed by atoms with Gasteiger partial charge in [-0.1, -0.05) is 12.1 Å². The molecule has 1 fully saturated rings. The van der Waals surface area contributed by atoms with E-state index in [0.717, 1.165) is 0 Å². The Labute approximate surface area is 122 Å². The summed E-state index contributed by atoms with van der Waals surface area (Å²) in [6.07, 6.45) is -0.0569. The number of carboxylic acid groups (broad SMARTS) is 1. The summed E-state index contributed by atoms with van der Waals surface area (Å²) in [5.74, 6) is -2.23. The second-order valence-corrected chi connectivity index (χ2v) is 5.29. The molecule has 5 nitrogen and oxygen atoms in total. The number of aliphatic hydroxyl groups excluding tert-OH is 1. The number of nitrogens with zero attached hydrogens (tertiary/aromatic N) is 1. The van der Waals surface area contributed by atoms with Crippen LogP contribution in [0.3, 0.4) is 0 Å². The number of aliphatic carboxylic acids is 1. The fourth-order valence-electron chi connectivity index (χ4n) is 2.53.